The third-order valence-electron chi connectivity index (χ3n) is 4.05. The number of sulfonamides is 1. The number of anilines is 2. The Balaban J connectivity index is 1.73. The molecule has 3 aromatic carbocycles. The number of halogens is 1. The molecule has 3 aromatic rings. The summed E-state index contributed by atoms with van der Waals surface area (Å²) in [6.45, 7) is 0. The normalized spacial score (nSPS) is 11.0. The molecule has 0 aliphatic carbocycles. The Kier molecular flexibility index (Phi) is 6.41. The summed E-state index contributed by atoms with van der Waals surface area (Å²) < 4.78 is 32.9. The zero-order chi connectivity index (χ0) is 20.9. The molecular weight excluding hydrogens is 412 g/mol. The second-order valence-corrected chi connectivity index (χ2v) is 8.28. The summed E-state index contributed by atoms with van der Waals surface area (Å²) in [5.74, 6) is 0.390. The van der Waals surface area contributed by atoms with E-state index in [0.717, 1.165) is 5.56 Å². The van der Waals surface area contributed by atoms with Crippen molar-refractivity contribution in [3.05, 3.63) is 83.4 Å². The quantitative estimate of drug-likeness (QED) is 0.584. The monoisotopic (exact) mass is 430 g/mol. The number of benzene rings is 3. The highest BCUT2D eigenvalue weighted by atomic mass is 35.5. The molecule has 0 aliphatic rings. The minimum Gasteiger partial charge on any atom is -0.497 e. The van der Waals surface area contributed by atoms with Crippen LogP contribution in [0.3, 0.4) is 0 Å². The summed E-state index contributed by atoms with van der Waals surface area (Å²) in [6, 6.07) is 19.7. The van der Waals surface area contributed by atoms with Gasteiger partial charge in [0.2, 0.25) is 5.91 Å². The molecule has 0 saturated carbocycles. The van der Waals surface area contributed by atoms with Gasteiger partial charge in [-0.2, -0.15) is 0 Å². The maximum Gasteiger partial charge on any atom is 0.262 e. The molecular formula is C21H19ClN2O4S. The molecule has 2 N–H and O–H groups in total. The molecule has 3 rings (SSSR count). The molecule has 0 bridgehead atoms. The lowest BCUT2D eigenvalue weighted by Crippen LogP contribution is -2.16. The summed E-state index contributed by atoms with van der Waals surface area (Å²) in [6.07, 6.45) is 0.131. The Bertz CT molecular complexity index is 1130. The number of amides is 1. The number of para-hydroxylation sites is 1. The number of carbonyl (C=O) groups is 1. The van der Waals surface area contributed by atoms with Gasteiger partial charge in [0.15, 0.2) is 0 Å². The van der Waals surface area contributed by atoms with Gasteiger partial charge >= 0.3 is 0 Å². The fourth-order valence-corrected chi connectivity index (χ4v) is 4.03. The summed E-state index contributed by atoms with van der Waals surface area (Å²) in [4.78, 5) is 12.4. The lowest BCUT2D eigenvalue weighted by molar-refractivity contribution is -0.115. The third-order valence-corrected chi connectivity index (χ3v) is 5.74. The number of carbonyl (C=O) groups excluding carboxylic acids is 1. The Labute approximate surface area is 174 Å². The molecule has 0 radical (unpaired) electrons. The first-order valence-corrected chi connectivity index (χ1v) is 10.5. The van der Waals surface area contributed by atoms with Crippen molar-refractivity contribution in [2.24, 2.45) is 0 Å². The van der Waals surface area contributed by atoms with Crippen LogP contribution in [0.2, 0.25) is 5.02 Å². The molecule has 0 aromatic heterocycles. The smallest absolute Gasteiger partial charge is 0.262 e. The molecule has 0 spiro atoms. The lowest BCUT2D eigenvalue weighted by Gasteiger charge is -2.11. The Hall–Kier alpha value is -3.03. The second kappa shape index (κ2) is 8.98. The van der Waals surface area contributed by atoms with E-state index in [2.05, 4.69) is 10.0 Å². The highest BCUT2D eigenvalue weighted by Gasteiger charge is 2.16. The van der Waals surface area contributed by atoms with E-state index >= 15 is 0 Å². The second-order valence-electron chi connectivity index (χ2n) is 6.19. The van der Waals surface area contributed by atoms with E-state index in [4.69, 9.17) is 16.3 Å². The molecule has 8 heteroatoms. The van der Waals surface area contributed by atoms with Gasteiger partial charge in [-0.15, -0.1) is 0 Å². The van der Waals surface area contributed by atoms with Gasteiger partial charge in [0.25, 0.3) is 10.0 Å². The summed E-state index contributed by atoms with van der Waals surface area (Å²) >= 11 is 6.02. The first kappa shape index (κ1) is 20.7. The molecule has 29 heavy (non-hydrogen) atoms. The molecule has 0 aliphatic heterocycles. The van der Waals surface area contributed by atoms with Crippen LogP contribution in [0.5, 0.6) is 5.75 Å². The average molecular weight is 431 g/mol. The first-order valence-electron chi connectivity index (χ1n) is 8.67. The Morgan fingerprint density at radius 1 is 1.00 bits per heavy atom. The van der Waals surface area contributed by atoms with Gasteiger partial charge in [-0.05, 0) is 48.0 Å². The molecule has 6 nitrogen and oxygen atoms in total. The van der Waals surface area contributed by atoms with Crippen LogP contribution in [0.15, 0.2) is 77.7 Å². The predicted molar refractivity (Wildman–Crippen MR) is 114 cm³/mol. The molecule has 150 valence electrons. The fraction of sp³-hybridized carbons (Fsp3) is 0.0952. The highest BCUT2D eigenvalue weighted by Crippen LogP contribution is 2.25. The van der Waals surface area contributed by atoms with Crippen LogP contribution in [0.4, 0.5) is 11.4 Å². The third kappa shape index (κ3) is 5.49. The average Bonchev–Trinajstić information content (AvgIpc) is 2.70. The predicted octanol–water partition coefficient (Wildman–Crippen LogP) is 4.33. The van der Waals surface area contributed by atoms with Gasteiger partial charge in [0, 0.05) is 5.69 Å². The highest BCUT2D eigenvalue weighted by molar-refractivity contribution is 7.92. The topological polar surface area (TPSA) is 84.5 Å². The van der Waals surface area contributed by atoms with Gasteiger partial charge in [-0.1, -0.05) is 41.9 Å². The van der Waals surface area contributed by atoms with E-state index in [1.807, 2.05) is 6.07 Å². The van der Waals surface area contributed by atoms with E-state index in [0.29, 0.717) is 16.5 Å². The number of hydrogen-bond donors (Lipinski definition) is 2. The van der Waals surface area contributed by atoms with Crippen LogP contribution in [-0.4, -0.2) is 21.4 Å². The van der Waals surface area contributed by atoms with E-state index in [1.165, 1.54) is 12.1 Å². The van der Waals surface area contributed by atoms with E-state index in [9.17, 15) is 13.2 Å². The van der Waals surface area contributed by atoms with Crippen molar-refractivity contribution < 1.29 is 17.9 Å². The minimum absolute atomic E-state index is 0.0107. The summed E-state index contributed by atoms with van der Waals surface area (Å²) in [7, 11) is -2.31. The first-order chi connectivity index (χ1) is 13.9. The number of hydrogen-bond acceptors (Lipinski definition) is 4. The van der Waals surface area contributed by atoms with Crippen molar-refractivity contribution in [3.8, 4) is 5.75 Å². The van der Waals surface area contributed by atoms with Crippen molar-refractivity contribution in [1.29, 1.82) is 0 Å². The van der Waals surface area contributed by atoms with E-state index < -0.39 is 10.0 Å². The number of ether oxygens (including phenoxy) is 1. The number of nitrogens with one attached hydrogen (secondary N) is 2. The molecule has 0 saturated heterocycles. The van der Waals surface area contributed by atoms with Gasteiger partial charge in [0.1, 0.15) is 5.75 Å². The van der Waals surface area contributed by atoms with Crippen molar-refractivity contribution in [3.63, 3.8) is 0 Å². The van der Waals surface area contributed by atoms with Gasteiger partial charge in [-0.3, -0.25) is 9.52 Å². The van der Waals surface area contributed by atoms with Crippen LogP contribution in [-0.2, 0) is 21.2 Å². The summed E-state index contributed by atoms with van der Waals surface area (Å²) in [5, 5.41) is 3.01. The zero-order valence-corrected chi connectivity index (χ0v) is 17.1. The molecule has 1 amide bonds. The van der Waals surface area contributed by atoms with Crippen molar-refractivity contribution in [1.82, 2.24) is 0 Å². The largest absolute Gasteiger partial charge is 0.497 e. The van der Waals surface area contributed by atoms with Gasteiger partial charge in [0.05, 0.1) is 29.1 Å². The number of rotatable bonds is 7. The summed E-state index contributed by atoms with van der Waals surface area (Å²) in [5.41, 5.74) is 1.44. The lowest BCUT2D eigenvalue weighted by atomic mass is 10.1. The standard InChI is InChI=1S/C21H19ClN2O4S/c1-28-17-8-4-6-15(12-17)13-21(25)23-16-7-5-9-18(14-16)29(26,27)24-20-11-3-2-10-19(20)22/h2-12,14,24H,13H2,1H3,(H,23,25). The number of methoxy groups -OCH3 is 1. The molecule has 0 unspecified atom stereocenters. The molecule has 0 fully saturated rings. The van der Waals surface area contributed by atoms with Crippen LogP contribution < -0.4 is 14.8 Å². The maximum absolute atomic E-state index is 12.7. The van der Waals surface area contributed by atoms with Crippen LogP contribution in [0.25, 0.3) is 0 Å². The van der Waals surface area contributed by atoms with Crippen LogP contribution in [0.1, 0.15) is 5.56 Å². The molecule has 0 atom stereocenters. The minimum atomic E-state index is -3.86. The van der Waals surface area contributed by atoms with E-state index in [-0.39, 0.29) is 22.9 Å². The fourth-order valence-electron chi connectivity index (χ4n) is 2.66. The Morgan fingerprint density at radius 2 is 1.76 bits per heavy atom. The Morgan fingerprint density at radius 3 is 2.52 bits per heavy atom. The van der Waals surface area contributed by atoms with Crippen molar-refractivity contribution >= 4 is 38.9 Å². The van der Waals surface area contributed by atoms with Crippen LogP contribution >= 0.6 is 11.6 Å². The van der Waals surface area contributed by atoms with E-state index in [1.54, 1.807) is 61.7 Å². The van der Waals surface area contributed by atoms with Crippen LogP contribution in [0, 0.1) is 0 Å². The van der Waals surface area contributed by atoms with Crippen molar-refractivity contribution in [2.45, 2.75) is 11.3 Å². The van der Waals surface area contributed by atoms with Gasteiger partial charge < -0.3 is 10.1 Å². The van der Waals surface area contributed by atoms with Gasteiger partial charge in [-0.25, -0.2) is 8.42 Å². The van der Waals surface area contributed by atoms with Crippen molar-refractivity contribution in [2.75, 3.05) is 17.1 Å². The molecule has 0 heterocycles. The zero-order valence-electron chi connectivity index (χ0n) is 15.6. The maximum atomic E-state index is 12.7. The SMILES string of the molecule is COc1cccc(CC(=O)Nc2cccc(S(=O)(=O)Nc3ccccc3Cl)c2)c1.